The summed E-state index contributed by atoms with van der Waals surface area (Å²) >= 11 is 0. The molecule has 0 aromatic carbocycles. The Labute approximate surface area is 109 Å². The van der Waals surface area contributed by atoms with Crippen LogP contribution in [-0.4, -0.2) is 42.4 Å². The van der Waals surface area contributed by atoms with Crippen LogP contribution in [0.2, 0.25) is 0 Å². The van der Waals surface area contributed by atoms with Gasteiger partial charge in [0.15, 0.2) is 0 Å². The maximum Gasteiger partial charge on any atom is 0.303 e. The second-order valence-corrected chi connectivity index (χ2v) is 6.57. The Morgan fingerprint density at radius 2 is 2.17 bits per heavy atom. The minimum Gasteiger partial charge on any atom is -0.481 e. The van der Waals surface area contributed by atoms with Gasteiger partial charge in [-0.25, -0.2) is 0 Å². The van der Waals surface area contributed by atoms with Crippen molar-refractivity contribution >= 4 is 16.2 Å². The number of hydrogen-bond donors (Lipinski definition) is 2. The van der Waals surface area contributed by atoms with E-state index in [4.69, 9.17) is 5.11 Å². The minimum atomic E-state index is -3.49. The van der Waals surface area contributed by atoms with Crippen LogP contribution < -0.4 is 4.72 Å². The van der Waals surface area contributed by atoms with Gasteiger partial charge in [0.05, 0.1) is 0 Å². The van der Waals surface area contributed by atoms with E-state index in [2.05, 4.69) is 4.72 Å². The molecule has 0 aromatic rings. The lowest BCUT2D eigenvalue weighted by molar-refractivity contribution is -0.137. The minimum absolute atomic E-state index is 0.0166. The van der Waals surface area contributed by atoms with Crippen molar-refractivity contribution in [1.82, 2.24) is 9.03 Å². The summed E-state index contributed by atoms with van der Waals surface area (Å²) in [5.74, 6) is -0.910. The Balaban J connectivity index is 2.55. The third-order valence-corrected chi connectivity index (χ3v) is 5.05. The molecule has 7 heteroatoms. The van der Waals surface area contributed by atoms with E-state index in [0.717, 1.165) is 19.3 Å². The van der Waals surface area contributed by atoms with E-state index in [1.54, 1.807) is 6.92 Å². The van der Waals surface area contributed by atoms with Crippen molar-refractivity contribution < 1.29 is 18.3 Å². The number of hydrogen-bond acceptors (Lipinski definition) is 3. The van der Waals surface area contributed by atoms with Crippen LogP contribution >= 0.6 is 0 Å². The molecule has 1 aliphatic rings. The van der Waals surface area contributed by atoms with Crippen LogP contribution in [0.1, 0.15) is 46.0 Å². The van der Waals surface area contributed by atoms with Crippen molar-refractivity contribution in [3.8, 4) is 0 Å². The molecule has 18 heavy (non-hydrogen) atoms. The van der Waals surface area contributed by atoms with Crippen molar-refractivity contribution in [3.63, 3.8) is 0 Å². The van der Waals surface area contributed by atoms with Gasteiger partial charge in [-0.1, -0.05) is 6.42 Å². The van der Waals surface area contributed by atoms with Gasteiger partial charge in [-0.05, 0) is 33.1 Å². The lowest BCUT2D eigenvalue weighted by Gasteiger charge is -2.33. The van der Waals surface area contributed by atoms with Crippen molar-refractivity contribution in [2.24, 2.45) is 0 Å². The lowest BCUT2D eigenvalue weighted by Crippen LogP contribution is -2.50. The average Bonchev–Trinajstić information content (AvgIpc) is 2.26. The standard InChI is InChI=1S/C11H22N2O4S/c1-9(6-7-11(14)15)12-18(16,17)13-8-4-3-5-10(13)2/h9-10,12H,3-8H2,1-2H3,(H,14,15). The van der Waals surface area contributed by atoms with Crippen LogP contribution in [0.3, 0.4) is 0 Å². The Morgan fingerprint density at radius 1 is 1.50 bits per heavy atom. The van der Waals surface area contributed by atoms with Crippen molar-refractivity contribution in [3.05, 3.63) is 0 Å². The molecule has 0 spiro atoms. The zero-order chi connectivity index (χ0) is 13.8. The van der Waals surface area contributed by atoms with E-state index in [-0.39, 0.29) is 18.5 Å². The van der Waals surface area contributed by atoms with Crippen LogP contribution in [-0.2, 0) is 15.0 Å². The fourth-order valence-electron chi connectivity index (χ4n) is 2.15. The van der Waals surface area contributed by atoms with E-state index < -0.39 is 16.2 Å². The molecule has 0 radical (unpaired) electrons. The maximum atomic E-state index is 12.1. The Kier molecular flexibility index (Phi) is 5.55. The monoisotopic (exact) mass is 278 g/mol. The summed E-state index contributed by atoms with van der Waals surface area (Å²) in [6.07, 6.45) is 3.09. The molecule has 0 amide bonds. The predicted molar refractivity (Wildman–Crippen MR) is 68.4 cm³/mol. The molecule has 6 nitrogen and oxygen atoms in total. The smallest absolute Gasteiger partial charge is 0.303 e. The third kappa shape index (κ3) is 4.55. The van der Waals surface area contributed by atoms with Gasteiger partial charge in [0.25, 0.3) is 10.2 Å². The highest BCUT2D eigenvalue weighted by Gasteiger charge is 2.30. The molecule has 2 N–H and O–H groups in total. The molecule has 0 aliphatic carbocycles. The summed E-state index contributed by atoms with van der Waals surface area (Å²) in [6.45, 7) is 4.14. The summed E-state index contributed by atoms with van der Waals surface area (Å²) in [4.78, 5) is 10.4. The van der Waals surface area contributed by atoms with Crippen molar-refractivity contribution in [2.75, 3.05) is 6.54 Å². The predicted octanol–water partition coefficient (Wildman–Crippen LogP) is 0.949. The number of piperidine rings is 1. The second-order valence-electron chi connectivity index (χ2n) is 4.91. The molecule has 1 rings (SSSR count). The number of nitrogens with one attached hydrogen (secondary N) is 1. The normalized spacial score (nSPS) is 23.8. The molecule has 0 bridgehead atoms. The van der Waals surface area contributed by atoms with Gasteiger partial charge in [0.1, 0.15) is 0 Å². The SMILES string of the molecule is CC(CCC(=O)O)NS(=O)(=O)N1CCCCC1C. The molecule has 1 aliphatic heterocycles. The molecular weight excluding hydrogens is 256 g/mol. The van der Waals surface area contributed by atoms with Gasteiger partial charge in [0, 0.05) is 25.0 Å². The fraction of sp³-hybridized carbons (Fsp3) is 0.909. The fourth-order valence-corrected chi connectivity index (χ4v) is 3.86. The van der Waals surface area contributed by atoms with E-state index in [1.807, 2.05) is 6.92 Å². The number of nitrogens with zero attached hydrogens (tertiary/aromatic N) is 1. The summed E-state index contributed by atoms with van der Waals surface area (Å²) in [7, 11) is -3.49. The van der Waals surface area contributed by atoms with Gasteiger partial charge in [0.2, 0.25) is 0 Å². The Bertz CT molecular complexity index is 383. The van der Waals surface area contributed by atoms with E-state index in [9.17, 15) is 13.2 Å². The molecule has 1 fully saturated rings. The number of aliphatic carboxylic acids is 1. The van der Waals surface area contributed by atoms with Gasteiger partial charge in [-0.2, -0.15) is 17.4 Å². The summed E-state index contributed by atoms with van der Waals surface area (Å²) in [5, 5.41) is 8.56. The zero-order valence-electron chi connectivity index (χ0n) is 10.9. The lowest BCUT2D eigenvalue weighted by atomic mass is 10.1. The van der Waals surface area contributed by atoms with E-state index in [0.29, 0.717) is 13.0 Å². The summed E-state index contributed by atoms with van der Waals surface area (Å²) in [5.41, 5.74) is 0. The highest BCUT2D eigenvalue weighted by atomic mass is 32.2. The molecule has 1 saturated heterocycles. The molecule has 2 unspecified atom stereocenters. The van der Waals surface area contributed by atoms with Crippen LogP contribution in [0.15, 0.2) is 0 Å². The van der Waals surface area contributed by atoms with Crippen LogP contribution in [0.5, 0.6) is 0 Å². The van der Waals surface area contributed by atoms with Gasteiger partial charge >= 0.3 is 5.97 Å². The number of carboxylic acids is 1. The van der Waals surface area contributed by atoms with Gasteiger partial charge < -0.3 is 5.11 Å². The quantitative estimate of drug-likeness (QED) is 0.757. The van der Waals surface area contributed by atoms with Crippen LogP contribution in [0.4, 0.5) is 0 Å². The maximum absolute atomic E-state index is 12.1. The first-order chi connectivity index (χ1) is 8.33. The van der Waals surface area contributed by atoms with Crippen molar-refractivity contribution in [1.29, 1.82) is 0 Å². The first-order valence-corrected chi connectivity index (χ1v) is 7.78. The van der Waals surface area contributed by atoms with E-state index >= 15 is 0 Å². The van der Waals surface area contributed by atoms with Crippen LogP contribution in [0, 0.1) is 0 Å². The molecular formula is C11H22N2O4S. The van der Waals surface area contributed by atoms with E-state index in [1.165, 1.54) is 4.31 Å². The van der Waals surface area contributed by atoms with Gasteiger partial charge in [-0.3, -0.25) is 4.79 Å². The third-order valence-electron chi connectivity index (χ3n) is 3.19. The molecule has 1 heterocycles. The van der Waals surface area contributed by atoms with Crippen LogP contribution in [0.25, 0.3) is 0 Å². The molecule has 0 saturated carbocycles. The first-order valence-electron chi connectivity index (χ1n) is 6.34. The first kappa shape index (κ1) is 15.4. The molecule has 106 valence electrons. The molecule has 0 aromatic heterocycles. The summed E-state index contributed by atoms with van der Waals surface area (Å²) in [6, 6.07) is -0.344. The number of carboxylic acid groups (broad SMARTS) is 1. The highest BCUT2D eigenvalue weighted by molar-refractivity contribution is 7.87. The highest BCUT2D eigenvalue weighted by Crippen LogP contribution is 2.19. The number of rotatable bonds is 6. The summed E-state index contributed by atoms with van der Waals surface area (Å²) < 4.78 is 28.3. The van der Waals surface area contributed by atoms with Gasteiger partial charge in [-0.15, -0.1) is 0 Å². The zero-order valence-corrected chi connectivity index (χ0v) is 11.7. The molecule has 2 atom stereocenters. The Hall–Kier alpha value is -0.660. The van der Waals surface area contributed by atoms with Crippen molar-refractivity contribution in [2.45, 2.75) is 58.0 Å². The topological polar surface area (TPSA) is 86.7 Å². The second kappa shape index (κ2) is 6.49. The largest absolute Gasteiger partial charge is 0.481 e. The number of carbonyl (C=O) groups is 1. The average molecular weight is 278 g/mol. The Morgan fingerprint density at radius 3 is 2.72 bits per heavy atom.